The zero-order valence-electron chi connectivity index (χ0n) is 19.6. The van der Waals surface area contributed by atoms with Crippen molar-refractivity contribution in [1.82, 2.24) is 9.78 Å². The highest BCUT2D eigenvalue weighted by atomic mass is 16.5. The number of ketones is 1. The molecule has 0 fully saturated rings. The minimum Gasteiger partial charge on any atom is -0.490 e. The van der Waals surface area contributed by atoms with Gasteiger partial charge in [0.15, 0.2) is 23.9 Å². The first-order chi connectivity index (χ1) is 15.8. The molecule has 0 spiro atoms. The lowest BCUT2D eigenvalue weighted by Crippen LogP contribution is -2.20. The van der Waals surface area contributed by atoms with Gasteiger partial charge in [0.25, 0.3) is 5.91 Å². The zero-order valence-corrected chi connectivity index (χ0v) is 19.6. The van der Waals surface area contributed by atoms with Crippen LogP contribution >= 0.6 is 0 Å². The smallest absolute Gasteiger partial charge is 0.262 e. The predicted octanol–water partition coefficient (Wildman–Crippen LogP) is 4.66. The molecule has 3 aromatic rings. The molecule has 0 aliphatic rings. The summed E-state index contributed by atoms with van der Waals surface area (Å²) in [6.45, 7) is 7.83. The van der Waals surface area contributed by atoms with Gasteiger partial charge in [-0.25, -0.2) is 0 Å². The molecule has 2 aromatic carbocycles. The number of nitrogens with zero attached hydrogens (tertiary/aromatic N) is 2. The Morgan fingerprint density at radius 3 is 2.39 bits per heavy atom. The van der Waals surface area contributed by atoms with E-state index in [4.69, 9.17) is 9.47 Å². The molecule has 0 saturated carbocycles. The number of aromatic nitrogens is 2. The molecule has 7 nitrogen and oxygen atoms in total. The number of rotatable bonds is 9. The van der Waals surface area contributed by atoms with Gasteiger partial charge >= 0.3 is 0 Å². The lowest BCUT2D eigenvalue weighted by molar-refractivity contribution is -0.118. The van der Waals surface area contributed by atoms with Crippen LogP contribution in [0, 0.1) is 20.8 Å². The Balaban J connectivity index is 1.68. The second-order valence-electron chi connectivity index (χ2n) is 7.71. The molecule has 7 heteroatoms. The molecular formula is C26H29N3O4. The maximum absolute atomic E-state index is 12.7. The van der Waals surface area contributed by atoms with E-state index in [1.807, 2.05) is 65.1 Å². The Morgan fingerprint density at radius 1 is 1.03 bits per heavy atom. The number of carbonyl (C=O) groups is 2. The number of anilines is 1. The van der Waals surface area contributed by atoms with E-state index in [-0.39, 0.29) is 18.3 Å². The van der Waals surface area contributed by atoms with Crippen molar-refractivity contribution in [3.05, 3.63) is 76.6 Å². The fourth-order valence-corrected chi connectivity index (χ4v) is 3.38. The second kappa shape index (κ2) is 10.6. The van der Waals surface area contributed by atoms with Gasteiger partial charge in [0, 0.05) is 18.4 Å². The van der Waals surface area contributed by atoms with Crippen molar-refractivity contribution in [3.63, 3.8) is 0 Å². The number of ether oxygens (including phenoxy) is 2. The minimum atomic E-state index is -0.266. The normalized spacial score (nSPS) is 10.9. The third-order valence-corrected chi connectivity index (χ3v) is 5.14. The topological polar surface area (TPSA) is 82.4 Å². The van der Waals surface area contributed by atoms with Crippen molar-refractivity contribution in [1.29, 1.82) is 0 Å². The van der Waals surface area contributed by atoms with Crippen LogP contribution in [0.1, 0.15) is 39.8 Å². The molecule has 0 unspecified atom stereocenters. The number of nitrogens with one attached hydrogen (secondary N) is 1. The molecule has 0 aliphatic carbocycles. The second-order valence-corrected chi connectivity index (χ2v) is 7.71. The zero-order chi connectivity index (χ0) is 24.0. The average molecular weight is 448 g/mol. The summed E-state index contributed by atoms with van der Waals surface area (Å²) in [5, 5.41) is 7.10. The van der Waals surface area contributed by atoms with E-state index in [1.165, 1.54) is 6.08 Å². The van der Waals surface area contributed by atoms with Gasteiger partial charge in [-0.1, -0.05) is 29.8 Å². The molecule has 0 aliphatic heterocycles. The lowest BCUT2D eigenvalue weighted by atomic mass is 10.1. The molecule has 0 radical (unpaired) electrons. The van der Waals surface area contributed by atoms with Crippen LogP contribution in [0.5, 0.6) is 11.5 Å². The van der Waals surface area contributed by atoms with Crippen molar-refractivity contribution in [3.8, 4) is 11.5 Å². The number of aryl methyl sites for hydroxylation is 3. The fourth-order valence-electron chi connectivity index (χ4n) is 3.38. The number of hydrogen-bond donors (Lipinski definition) is 1. The maximum atomic E-state index is 12.7. The van der Waals surface area contributed by atoms with Crippen LogP contribution in [-0.4, -0.2) is 34.7 Å². The van der Waals surface area contributed by atoms with Gasteiger partial charge in [-0.3, -0.25) is 14.3 Å². The van der Waals surface area contributed by atoms with Crippen LogP contribution in [-0.2, 0) is 11.8 Å². The summed E-state index contributed by atoms with van der Waals surface area (Å²) in [7, 11) is 1.82. The van der Waals surface area contributed by atoms with Crippen LogP contribution in [0.2, 0.25) is 0 Å². The molecule has 1 N–H and O–H groups in total. The van der Waals surface area contributed by atoms with Crippen LogP contribution in [0.3, 0.4) is 0 Å². The summed E-state index contributed by atoms with van der Waals surface area (Å²) < 4.78 is 13.1. The molecule has 0 bridgehead atoms. The van der Waals surface area contributed by atoms with Crippen LogP contribution in [0.15, 0.2) is 48.5 Å². The Kier molecular flexibility index (Phi) is 7.66. The van der Waals surface area contributed by atoms with Gasteiger partial charge in [0.05, 0.1) is 17.9 Å². The summed E-state index contributed by atoms with van der Waals surface area (Å²) in [5.41, 5.74) is 4.74. The van der Waals surface area contributed by atoms with E-state index in [1.54, 1.807) is 22.9 Å². The highest BCUT2D eigenvalue weighted by Gasteiger charge is 2.15. The Labute approximate surface area is 194 Å². The quantitative estimate of drug-likeness (QED) is 0.381. The molecule has 1 aromatic heterocycles. The summed E-state index contributed by atoms with van der Waals surface area (Å²) >= 11 is 0. The van der Waals surface area contributed by atoms with Gasteiger partial charge in [0.2, 0.25) is 0 Å². The number of amides is 1. The molecule has 1 amide bonds. The Bertz CT molecular complexity index is 1180. The molecule has 3 rings (SSSR count). The Morgan fingerprint density at radius 2 is 1.76 bits per heavy atom. The van der Waals surface area contributed by atoms with Gasteiger partial charge in [-0.05, 0) is 63.6 Å². The van der Waals surface area contributed by atoms with Crippen molar-refractivity contribution in [2.24, 2.45) is 7.05 Å². The predicted molar refractivity (Wildman–Crippen MR) is 129 cm³/mol. The van der Waals surface area contributed by atoms with E-state index >= 15 is 0 Å². The van der Waals surface area contributed by atoms with Crippen LogP contribution in [0.25, 0.3) is 6.08 Å². The molecule has 0 saturated heterocycles. The van der Waals surface area contributed by atoms with Gasteiger partial charge in [0.1, 0.15) is 0 Å². The summed E-state index contributed by atoms with van der Waals surface area (Å²) in [6.07, 6.45) is 3.25. The van der Waals surface area contributed by atoms with Gasteiger partial charge in [-0.15, -0.1) is 0 Å². The van der Waals surface area contributed by atoms with E-state index in [0.29, 0.717) is 35.1 Å². The van der Waals surface area contributed by atoms with Crippen LogP contribution < -0.4 is 14.8 Å². The third-order valence-electron chi connectivity index (χ3n) is 5.14. The largest absolute Gasteiger partial charge is 0.490 e. The molecule has 33 heavy (non-hydrogen) atoms. The lowest BCUT2D eigenvalue weighted by Gasteiger charge is -2.13. The Hall–Kier alpha value is -3.87. The first-order valence-electron chi connectivity index (χ1n) is 10.8. The van der Waals surface area contributed by atoms with Crippen LogP contribution in [0.4, 0.5) is 5.69 Å². The number of benzene rings is 2. The summed E-state index contributed by atoms with van der Waals surface area (Å²) in [6, 6.07) is 12.9. The highest BCUT2D eigenvalue weighted by molar-refractivity contribution is 6.08. The van der Waals surface area contributed by atoms with E-state index < -0.39 is 0 Å². The average Bonchev–Trinajstić information content (AvgIpc) is 3.04. The standard InChI is InChI=1S/C26H29N3O4/c1-6-32-24-15-20(9-13-22(30)26-18(3)28-29(5)19(26)4)10-14-23(24)33-16-25(31)27-21-11-7-17(2)8-12-21/h7-15H,6,16H2,1-5H3,(H,27,31)/b13-9+. The van der Waals surface area contributed by atoms with Crippen molar-refractivity contribution in [2.75, 3.05) is 18.5 Å². The monoisotopic (exact) mass is 447 g/mol. The summed E-state index contributed by atoms with van der Waals surface area (Å²) in [5.74, 6) is 0.588. The maximum Gasteiger partial charge on any atom is 0.262 e. The highest BCUT2D eigenvalue weighted by Crippen LogP contribution is 2.29. The molecular weight excluding hydrogens is 418 g/mol. The molecule has 1 heterocycles. The van der Waals surface area contributed by atoms with Crippen molar-refractivity contribution in [2.45, 2.75) is 27.7 Å². The van der Waals surface area contributed by atoms with Crippen molar-refractivity contribution >= 4 is 23.5 Å². The molecule has 172 valence electrons. The van der Waals surface area contributed by atoms with E-state index in [0.717, 1.165) is 16.8 Å². The number of allylic oxidation sites excluding steroid dienone is 1. The van der Waals surface area contributed by atoms with Gasteiger partial charge in [-0.2, -0.15) is 5.10 Å². The van der Waals surface area contributed by atoms with Gasteiger partial charge < -0.3 is 14.8 Å². The number of carbonyl (C=O) groups excluding carboxylic acids is 2. The SMILES string of the molecule is CCOc1cc(/C=C/C(=O)c2c(C)nn(C)c2C)ccc1OCC(=O)Nc1ccc(C)cc1. The third kappa shape index (κ3) is 6.10. The van der Waals surface area contributed by atoms with E-state index in [2.05, 4.69) is 10.4 Å². The molecule has 0 atom stereocenters. The summed E-state index contributed by atoms with van der Waals surface area (Å²) in [4.78, 5) is 24.9. The first-order valence-corrected chi connectivity index (χ1v) is 10.8. The first kappa shape index (κ1) is 23.8. The fraction of sp³-hybridized carbons (Fsp3) is 0.269. The van der Waals surface area contributed by atoms with E-state index in [9.17, 15) is 9.59 Å². The number of hydrogen-bond acceptors (Lipinski definition) is 5. The minimum absolute atomic E-state index is 0.107. The van der Waals surface area contributed by atoms with Crippen molar-refractivity contribution < 1.29 is 19.1 Å².